The van der Waals surface area contributed by atoms with Crippen LogP contribution in [-0.4, -0.2) is 36.0 Å². The number of carboxylic acid groups (broad SMARTS) is 1. The lowest BCUT2D eigenvalue weighted by molar-refractivity contribution is 0.0694. The van der Waals surface area contributed by atoms with Gasteiger partial charge >= 0.3 is 5.97 Å². The number of aromatic nitrogens is 1. The van der Waals surface area contributed by atoms with Crippen LogP contribution < -0.4 is 10.2 Å². The number of nitrogens with zero attached hydrogens (tertiary/aromatic N) is 1. The first-order chi connectivity index (χ1) is 15.0. The molecule has 0 amide bonds. The predicted molar refractivity (Wildman–Crippen MR) is 114 cm³/mol. The molecule has 2 aromatic carbocycles. The standard InChI is InChI=1S/C24H22FNO5/c1-30-8-3-9-31-23-11-16-6-7-26-14-20(24(28)29)22(27)13-21(26)18(16)12-19(23)15-4-2-5-17(25)10-15/h2,4-5,10-14H,3,6-9H2,1H3,(H,28,29). The molecule has 0 saturated heterocycles. The molecule has 1 N–H and O–H groups in total. The number of halogens is 1. The Bertz CT molecular complexity index is 1200. The highest BCUT2D eigenvalue weighted by Crippen LogP contribution is 2.39. The zero-order chi connectivity index (χ0) is 22.0. The average molecular weight is 423 g/mol. The molecule has 31 heavy (non-hydrogen) atoms. The number of ether oxygens (including phenoxy) is 2. The maximum Gasteiger partial charge on any atom is 0.341 e. The summed E-state index contributed by atoms with van der Waals surface area (Å²) in [6.45, 7) is 1.57. The van der Waals surface area contributed by atoms with Crippen molar-refractivity contribution in [3.63, 3.8) is 0 Å². The molecule has 160 valence electrons. The number of hydrogen-bond donors (Lipinski definition) is 1. The molecule has 7 heteroatoms. The van der Waals surface area contributed by atoms with Gasteiger partial charge < -0.3 is 19.1 Å². The molecule has 4 rings (SSSR count). The van der Waals surface area contributed by atoms with E-state index in [1.165, 1.54) is 24.4 Å². The Morgan fingerprint density at radius 3 is 2.74 bits per heavy atom. The Morgan fingerprint density at radius 2 is 2.00 bits per heavy atom. The molecule has 2 heterocycles. The number of pyridine rings is 1. The molecule has 0 aliphatic carbocycles. The third kappa shape index (κ3) is 4.22. The zero-order valence-electron chi connectivity index (χ0n) is 17.1. The van der Waals surface area contributed by atoms with Crippen molar-refractivity contribution in [3.8, 4) is 28.1 Å². The maximum atomic E-state index is 13.9. The van der Waals surface area contributed by atoms with E-state index in [1.54, 1.807) is 23.8 Å². The van der Waals surface area contributed by atoms with Crippen LogP contribution in [-0.2, 0) is 17.7 Å². The molecule has 6 nitrogen and oxygen atoms in total. The van der Waals surface area contributed by atoms with Gasteiger partial charge in [-0.25, -0.2) is 9.18 Å². The highest BCUT2D eigenvalue weighted by atomic mass is 19.1. The van der Waals surface area contributed by atoms with E-state index < -0.39 is 11.4 Å². The van der Waals surface area contributed by atoms with Crippen molar-refractivity contribution in [1.82, 2.24) is 4.57 Å². The van der Waals surface area contributed by atoms with Crippen LogP contribution in [0.25, 0.3) is 22.4 Å². The lowest BCUT2D eigenvalue weighted by Crippen LogP contribution is -2.22. The van der Waals surface area contributed by atoms with Gasteiger partial charge in [-0.2, -0.15) is 0 Å². The van der Waals surface area contributed by atoms with E-state index >= 15 is 0 Å². The molecule has 1 aliphatic rings. The summed E-state index contributed by atoms with van der Waals surface area (Å²) in [6, 6.07) is 11.4. The molecule has 0 radical (unpaired) electrons. The summed E-state index contributed by atoms with van der Waals surface area (Å²) >= 11 is 0. The largest absolute Gasteiger partial charge is 0.493 e. The summed E-state index contributed by atoms with van der Waals surface area (Å²) in [5.41, 5.74) is 3.01. The number of hydrogen-bond acceptors (Lipinski definition) is 4. The number of carbonyl (C=O) groups is 1. The first-order valence-corrected chi connectivity index (χ1v) is 10.0. The van der Waals surface area contributed by atoms with E-state index in [0.29, 0.717) is 55.2 Å². The molecule has 0 spiro atoms. The topological polar surface area (TPSA) is 77.8 Å². The van der Waals surface area contributed by atoms with Gasteiger partial charge in [0.1, 0.15) is 17.1 Å². The smallest absolute Gasteiger partial charge is 0.341 e. The van der Waals surface area contributed by atoms with Crippen LogP contribution in [0.5, 0.6) is 5.75 Å². The van der Waals surface area contributed by atoms with Gasteiger partial charge in [-0.1, -0.05) is 12.1 Å². The number of benzene rings is 2. The van der Waals surface area contributed by atoms with Crippen LogP contribution in [0.4, 0.5) is 4.39 Å². The van der Waals surface area contributed by atoms with E-state index in [2.05, 4.69) is 0 Å². The summed E-state index contributed by atoms with van der Waals surface area (Å²) in [6.07, 6.45) is 2.76. The van der Waals surface area contributed by atoms with Gasteiger partial charge in [-0.05, 0) is 41.8 Å². The molecular weight excluding hydrogens is 401 g/mol. The Hall–Kier alpha value is -3.45. The van der Waals surface area contributed by atoms with E-state index in [-0.39, 0.29) is 11.4 Å². The van der Waals surface area contributed by atoms with E-state index in [9.17, 15) is 19.1 Å². The maximum absolute atomic E-state index is 13.9. The molecule has 1 aromatic heterocycles. The SMILES string of the molecule is COCCCOc1cc2c(cc1-c1cccc(F)c1)-c1cc(=O)c(C(=O)O)cn1CC2. The summed E-state index contributed by atoms with van der Waals surface area (Å²) in [5, 5.41) is 9.26. The van der Waals surface area contributed by atoms with Crippen LogP contribution in [0.3, 0.4) is 0 Å². The molecule has 0 fully saturated rings. The predicted octanol–water partition coefficient (Wildman–Crippen LogP) is 3.99. The number of aromatic carboxylic acids is 1. The third-order valence-electron chi connectivity index (χ3n) is 5.35. The fraction of sp³-hybridized carbons (Fsp3) is 0.250. The van der Waals surface area contributed by atoms with Gasteiger partial charge in [-0.3, -0.25) is 4.79 Å². The quantitative estimate of drug-likeness (QED) is 0.582. The molecule has 0 saturated carbocycles. The Morgan fingerprint density at radius 1 is 1.16 bits per heavy atom. The second kappa shape index (κ2) is 8.73. The highest BCUT2D eigenvalue weighted by molar-refractivity contribution is 5.88. The fourth-order valence-corrected chi connectivity index (χ4v) is 3.85. The minimum Gasteiger partial charge on any atom is -0.493 e. The number of methoxy groups -OCH3 is 1. The Balaban J connectivity index is 1.84. The van der Waals surface area contributed by atoms with Gasteiger partial charge in [-0.15, -0.1) is 0 Å². The molecule has 0 bridgehead atoms. The number of carboxylic acids is 1. The monoisotopic (exact) mass is 423 g/mol. The lowest BCUT2D eigenvalue weighted by Gasteiger charge is -2.25. The summed E-state index contributed by atoms with van der Waals surface area (Å²) in [4.78, 5) is 23.7. The molecule has 1 aliphatic heterocycles. The third-order valence-corrected chi connectivity index (χ3v) is 5.35. The molecular formula is C24H22FNO5. The summed E-state index contributed by atoms with van der Waals surface area (Å²) < 4.78 is 26.8. The first-order valence-electron chi connectivity index (χ1n) is 10.0. The van der Waals surface area contributed by atoms with Gasteiger partial charge in [0.2, 0.25) is 0 Å². The normalized spacial score (nSPS) is 12.2. The average Bonchev–Trinajstić information content (AvgIpc) is 2.75. The Kier molecular flexibility index (Phi) is 5.86. The van der Waals surface area contributed by atoms with Crippen LogP contribution in [0.1, 0.15) is 22.3 Å². The van der Waals surface area contributed by atoms with Crippen molar-refractivity contribution in [2.24, 2.45) is 0 Å². The summed E-state index contributed by atoms with van der Waals surface area (Å²) in [5.74, 6) is -0.965. The first kappa shape index (κ1) is 20.8. The second-order valence-electron chi connectivity index (χ2n) is 7.40. The van der Waals surface area contributed by atoms with Crippen molar-refractivity contribution in [2.45, 2.75) is 19.4 Å². The van der Waals surface area contributed by atoms with Crippen molar-refractivity contribution < 1.29 is 23.8 Å². The van der Waals surface area contributed by atoms with Crippen molar-refractivity contribution in [2.75, 3.05) is 20.3 Å². The van der Waals surface area contributed by atoms with Gasteiger partial charge in [0.15, 0.2) is 5.43 Å². The number of aryl methyl sites for hydroxylation is 2. The molecule has 3 aromatic rings. The van der Waals surface area contributed by atoms with E-state index in [4.69, 9.17) is 9.47 Å². The van der Waals surface area contributed by atoms with E-state index in [1.807, 2.05) is 12.1 Å². The van der Waals surface area contributed by atoms with Gasteiger partial charge in [0.05, 0.1) is 12.3 Å². The van der Waals surface area contributed by atoms with Crippen LogP contribution in [0.2, 0.25) is 0 Å². The van der Waals surface area contributed by atoms with Crippen molar-refractivity contribution in [3.05, 3.63) is 75.8 Å². The minimum atomic E-state index is -1.24. The number of fused-ring (bicyclic) bond motifs is 3. The van der Waals surface area contributed by atoms with Gasteiger partial charge in [0, 0.05) is 50.1 Å². The van der Waals surface area contributed by atoms with E-state index in [0.717, 1.165) is 11.1 Å². The van der Waals surface area contributed by atoms with Gasteiger partial charge in [0.25, 0.3) is 0 Å². The Labute approximate surface area is 178 Å². The van der Waals surface area contributed by atoms with Crippen LogP contribution in [0.15, 0.2) is 53.5 Å². The van der Waals surface area contributed by atoms with Crippen molar-refractivity contribution in [1.29, 1.82) is 0 Å². The molecule has 0 unspecified atom stereocenters. The summed E-state index contributed by atoms with van der Waals surface area (Å²) in [7, 11) is 1.63. The number of rotatable bonds is 7. The highest BCUT2D eigenvalue weighted by Gasteiger charge is 2.22. The fourth-order valence-electron chi connectivity index (χ4n) is 3.85. The van der Waals surface area contributed by atoms with Crippen LogP contribution >= 0.6 is 0 Å². The van der Waals surface area contributed by atoms with Crippen LogP contribution in [0, 0.1) is 5.82 Å². The zero-order valence-corrected chi connectivity index (χ0v) is 17.1. The second-order valence-corrected chi connectivity index (χ2v) is 7.40. The molecule has 0 atom stereocenters. The minimum absolute atomic E-state index is 0.254. The van der Waals surface area contributed by atoms with Crippen molar-refractivity contribution >= 4 is 5.97 Å². The lowest BCUT2D eigenvalue weighted by atomic mass is 9.91.